The van der Waals surface area contributed by atoms with Crippen LogP contribution in [-0.2, 0) is 0 Å². The summed E-state index contributed by atoms with van der Waals surface area (Å²) >= 11 is 0. The van der Waals surface area contributed by atoms with Crippen molar-refractivity contribution < 1.29 is 0 Å². The number of nitrogens with two attached hydrogens (primary N) is 1. The maximum Gasteiger partial charge on any atom is 0.0670 e. The summed E-state index contributed by atoms with van der Waals surface area (Å²) in [5.41, 5.74) is 1.08. The van der Waals surface area contributed by atoms with Crippen LogP contribution in [0.2, 0.25) is 0 Å². The van der Waals surface area contributed by atoms with E-state index in [1.165, 1.54) is 10.8 Å². The normalized spacial score (nSPS) is 18.2. The van der Waals surface area contributed by atoms with E-state index in [0.717, 1.165) is 12.1 Å². The van der Waals surface area contributed by atoms with E-state index >= 15 is 0 Å². The fourth-order valence-corrected chi connectivity index (χ4v) is 2.39. The predicted octanol–water partition coefficient (Wildman–Crippen LogP) is 3.40. The van der Waals surface area contributed by atoms with Crippen molar-refractivity contribution in [3.63, 3.8) is 0 Å². The molecule has 1 aliphatic rings. The van der Waals surface area contributed by atoms with Gasteiger partial charge in [-0.3, -0.25) is 0 Å². The Balaban J connectivity index is 2.03. The molecule has 0 bridgehead atoms. The molecule has 0 saturated heterocycles. The number of nitrogens with zero attached hydrogens (tertiary/aromatic N) is 1. The van der Waals surface area contributed by atoms with Crippen LogP contribution in [0.15, 0.2) is 66.8 Å². The highest BCUT2D eigenvalue weighted by molar-refractivity contribution is 5.94. The minimum absolute atomic E-state index is 0.237. The van der Waals surface area contributed by atoms with Gasteiger partial charge in [-0.1, -0.05) is 60.7 Å². The van der Waals surface area contributed by atoms with Gasteiger partial charge < -0.3 is 5.01 Å². The molecule has 0 spiro atoms. The van der Waals surface area contributed by atoms with E-state index in [4.69, 9.17) is 5.84 Å². The fraction of sp³-hybridized carbons (Fsp3) is 0.125. The van der Waals surface area contributed by atoms with Crippen molar-refractivity contribution in [3.8, 4) is 0 Å². The number of hydrazine groups is 1. The van der Waals surface area contributed by atoms with E-state index < -0.39 is 0 Å². The zero-order valence-electron chi connectivity index (χ0n) is 10.2. The molecule has 90 valence electrons. The molecule has 0 amide bonds. The molecule has 0 aromatic heterocycles. The Morgan fingerprint density at radius 3 is 2.67 bits per heavy atom. The van der Waals surface area contributed by atoms with Gasteiger partial charge in [0.15, 0.2) is 0 Å². The first-order valence-corrected chi connectivity index (χ1v) is 6.21. The largest absolute Gasteiger partial charge is 0.303 e. The van der Waals surface area contributed by atoms with Gasteiger partial charge in [-0.15, -0.1) is 0 Å². The summed E-state index contributed by atoms with van der Waals surface area (Å²) in [5.74, 6) is 6.28. The lowest BCUT2D eigenvalue weighted by molar-refractivity contribution is 0.715. The van der Waals surface area contributed by atoms with Gasteiger partial charge in [0.05, 0.1) is 11.7 Å². The molecule has 1 aliphatic carbocycles. The molecule has 2 aromatic carbocycles. The van der Waals surface area contributed by atoms with Crippen molar-refractivity contribution in [1.29, 1.82) is 0 Å². The average Bonchev–Trinajstić information content (AvgIpc) is 2.47. The maximum absolute atomic E-state index is 6.28. The van der Waals surface area contributed by atoms with Gasteiger partial charge in [0.1, 0.15) is 0 Å². The first-order chi connectivity index (χ1) is 8.86. The summed E-state index contributed by atoms with van der Waals surface area (Å²) in [6.07, 6.45) is 9.36. The van der Waals surface area contributed by atoms with Crippen molar-refractivity contribution >= 4 is 16.5 Å². The molecule has 0 saturated carbocycles. The van der Waals surface area contributed by atoms with Crippen LogP contribution < -0.4 is 10.9 Å². The van der Waals surface area contributed by atoms with Gasteiger partial charge in [0.25, 0.3) is 0 Å². The molecule has 3 rings (SSSR count). The smallest absolute Gasteiger partial charge is 0.0670 e. The lowest BCUT2D eigenvalue weighted by Crippen LogP contribution is -2.40. The molecular weight excluding hydrogens is 220 g/mol. The van der Waals surface area contributed by atoms with E-state index in [1.807, 2.05) is 5.01 Å². The van der Waals surface area contributed by atoms with Gasteiger partial charge in [0, 0.05) is 5.39 Å². The van der Waals surface area contributed by atoms with Crippen LogP contribution in [-0.4, -0.2) is 6.04 Å². The number of hydrogen-bond donors (Lipinski definition) is 1. The van der Waals surface area contributed by atoms with Crippen LogP contribution in [0.1, 0.15) is 6.42 Å². The third kappa shape index (κ3) is 1.91. The summed E-state index contributed by atoms with van der Waals surface area (Å²) in [6.45, 7) is 0. The third-order valence-electron chi connectivity index (χ3n) is 3.36. The predicted molar refractivity (Wildman–Crippen MR) is 77.3 cm³/mol. The van der Waals surface area contributed by atoms with Gasteiger partial charge in [-0.05, 0) is 17.9 Å². The standard InChI is InChI=1S/C16H16N2/c17-18(14-9-2-1-3-10-14)16-12-6-8-13-7-4-5-11-15(13)16/h1-9,11-12,14H,10,17H2. The SMILES string of the molecule is NN(c1cccc2ccccc12)C1C=CC=CC1. The Kier molecular flexibility index (Phi) is 2.87. The van der Waals surface area contributed by atoms with Crippen molar-refractivity contribution in [1.82, 2.24) is 0 Å². The monoisotopic (exact) mass is 236 g/mol. The Labute approximate surface area is 107 Å². The highest BCUT2D eigenvalue weighted by Crippen LogP contribution is 2.27. The molecule has 0 aliphatic heterocycles. The Morgan fingerprint density at radius 1 is 1.00 bits per heavy atom. The number of benzene rings is 2. The first-order valence-electron chi connectivity index (χ1n) is 6.21. The number of allylic oxidation sites excluding steroid dienone is 2. The van der Waals surface area contributed by atoms with Crippen LogP contribution >= 0.6 is 0 Å². The first kappa shape index (κ1) is 11.1. The Bertz CT molecular complexity index is 608. The number of anilines is 1. The Morgan fingerprint density at radius 2 is 1.83 bits per heavy atom. The second kappa shape index (κ2) is 4.67. The number of hydrogen-bond acceptors (Lipinski definition) is 2. The lowest BCUT2D eigenvalue weighted by atomic mass is 10.0. The molecule has 0 radical (unpaired) electrons. The molecule has 1 atom stereocenters. The Hall–Kier alpha value is -2.06. The third-order valence-corrected chi connectivity index (χ3v) is 3.36. The molecule has 1 unspecified atom stereocenters. The van der Waals surface area contributed by atoms with Crippen molar-refractivity contribution in [2.75, 3.05) is 5.01 Å². The quantitative estimate of drug-likeness (QED) is 0.639. The summed E-state index contributed by atoms with van der Waals surface area (Å²) in [6, 6.07) is 14.8. The fourth-order valence-electron chi connectivity index (χ4n) is 2.39. The van der Waals surface area contributed by atoms with Crippen LogP contribution in [0.4, 0.5) is 5.69 Å². The highest BCUT2D eigenvalue weighted by atomic mass is 15.4. The van der Waals surface area contributed by atoms with Crippen molar-refractivity contribution in [3.05, 3.63) is 66.8 Å². The number of fused-ring (bicyclic) bond motifs is 1. The maximum atomic E-state index is 6.28. The second-order valence-electron chi connectivity index (χ2n) is 4.52. The van der Waals surface area contributed by atoms with Crippen LogP contribution in [0.3, 0.4) is 0 Å². The molecule has 2 N–H and O–H groups in total. The summed E-state index contributed by atoms with van der Waals surface area (Å²) in [4.78, 5) is 0. The summed E-state index contributed by atoms with van der Waals surface area (Å²) in [7, 11) is 0. The molecule has 2 heteroatoms. The minimum Gasteiger partial charge on any atom is -0.303 e. The molecular formula is C16H16N2. The second-order valence-corrected chi connectivity index (χ2v) is 4.52. The summed E-state index contributed by atoms with van der Waals surface area (Å²) < 4.78 is 0. The summed E-state index contributed by atoms with van der Waals surface area (Å²) in [5, 5.41) is 4.29. The van der Waals surface area contributed by atoms with E-state index in [1.54, 1.807) is 0 Å². The van der Waals surface area contributed by atoms with Gasteiger partial charge in [-0.25, -0.2) is 5.84 Å². The van der Waals surface area contributed by atoms with E-state index in [9.17, 15) is 0 Å². The molecule has 2 nitrogen and oxygen atoms in total. The molecule has 0 heterocycles. The van der Waals surface area contributed by atoms with E-state index in [0.29, 0.717) is 0 Å². The lowest BCUT2D eigenvalue weighted by Gasteiger charge is -2.28. The van der Waals surface area contributed by atoms with E-state index in [-0.39, 0.29) is 6.04 Å². The van der Waals surface area contributed by atoms with Crippen LogP contribution in [0.25, 0.3) is 10.8 Å². The molecule has 0 fully saturated rings. The van der Waals surface area contributed by atoms with Crippen molar-refractivity contribution in [2.24, 2.45) is 5.84 Å². The molecule has 18 heavy (non-hydrogen) atoms. The van der Waals surface area contributed by atoms with Gasteiger partial charge in [-0.2, -0.15) is 0 Å². The van der Waals surface area contributed by atoms with Gasteiger partial charge >= 0.3 is 0 Å². The van der Waals surface area contributed by atoms with Gasteiger partial charge in [0.2, 0.25) is 0 Å². The average molecular weight is 236 g/mol. The van der Waals surface area contributed by atoms with Crippen LogP contribution in [0, 0.1) is 0 Å². The van der Waals surface area contributed by atoms with Crippen molar-refractivity contribution in [2.45, 2.75) is 12.5 Å². The number of rotatable bonds is 2. The highest BCUT2D eigenvalue weighted by Gasteiger charge is 2.14. The van der Waals surface area contributed by atoms with Crippen LogP contribution in [0.5, 0.6) is 0 Å². The zero-order chi connectivity index (χ0) is 12.4. The molecule has 2 aromatic rings. The van der Waals surface area contributed by atoms with E-state index in [2.05, 4.69) is 66.8 Å². The zero-order valence-corrected chi connectivity index (χ0v) is 10.2. The minimum atomic E-state index is 0.237. The topological polar surface area (TPSA) is 29.3 Å².